The van der Waals surface area contributed by atoms with E-state index >= 15 is 0 Å². The monoisotopic (exact) mass is 1580 g/mol. The van der Waals surface area contributed by atoms with Crippen LogP contribution in [-0.2, 0) is 10.8 Å². The molecule has 6 heterocycles. The van der Waals surface area contributed by atoms with E-state index in [0.717, 1.165) is 175 Å². The molecule has 0 fully saturated rings. The average Bonchev–Trinajstić information content (AvgIpc) is 1.53. The molecule has 0 radical (unpaired) electrons. The van der Waals surface area contributed by atoms with Gasteiger partial charge < -0.3 is 18.0 Å². The van der Waals surface area contributed by atoms with Crippen LogP contribution < -0.4 is 0 Å². The molecule has 25 aromatic rings. The van der Waals surface area contributed by atoms with Gasteiger partial charge in [-0.2, -0.15) is 0 Å². The van der Waals surface area contributed by atoms with Crippen molar-refractivity contribution in [2.45, 2.75) is 10.8 Å². The minimum atomic E-state index is -0.661. The minimum absolute atomic E-state index is 0.661. The second kappa shape index (κ2) is 25.9. The minimum Gasteiger partial charge on any atom is -0.454 e. The van der Waals surface area contributed by atoms with Crippen LogP contribution in [0.5, 0.6) is 0 Å². The fourth-order valence-electron chi connectivity index (χ4n) is 22.0. The van der Waals surface area contributed by atoms with Gasteiger partial charge in [0.05, 0.1) is 65.1 Å². The Morgan fingerprint density at radius 3 is 0.959 bits per heavy atom. The summed E-state index contributed by atoms with van der Waals surface area (Å²) in [5, 5.41) is 13.2. The van der Waals surface area contributed by atoms with Crippen molar-refractivity contribution >= 4 is 142 Å². The van der Waals surface area contributed by atoms with Gasteiger partial charge >= 0.3 is 0 Å². The maximum absolute atomic E-state index is 6.86. The first-order chi connectivity index (χ1) is 61.0. The molecule has 6 nitrogen and oxygen atoms in total. The van der Waals surface area contributed by atoms with Crippen LogP contribution in [0.2, 0.25) is 0 Å². The van der Waals surface area contributed by atoms with E-state index in [1.165, 1.54) is 77.5 Å². The average molecular weight is 1580 g/mol. The Kier molecular flexibility index (Phi) is 14.3. The fraction of sp³-hybridized carbons (Fsp3) is 0.0172. The first-order valence-electron chi connectivity index (χ1n) is 42.2. The van der Waals surface area contributed by atoms with Crippen molar-refractivity contribution in [3.05, 3.63) is 457 Å². The van der Waals surface area contributed by atoms with Crippen molar-refractivity contribution in [3.8, 4) is 76.8 Å². The zero-order chi connectivity index (χ0) is 80.3. The zero-order valence-electron chi connectivity index (χ0n) is 66.3. The van der Waals surface area contributed by atoms with E-state index < -0.39 is 10.8 Å². The Morgan fingerprint density at radius 2 is 0.537 bits per heavy atom. The van der Waals surface area contributed by atoms with Crippen molar-refractivity contribution < 1.29 is 8.83 Å². The van der Waals surface area contributed by atoms with E-state index in [1.807, 2.05) is 11.3 Å². The molecule has 2 aliphatic carbocycles. The van der Waals surface area contributed by atoms with Crippen LogP contribution in [0, 0.1) is 0 Å². The lowest BCUT2D eigenvalue weighted by Crippen LogP contribution is -2.28. The Hall–Kier alpha value is -15.8. The highest BCUT2D eigenvalue weighted by molar-refractivity contribution is 7.21. The van der Waals surface area contributed by atoms with Crippen molar-refractivity contribution in [3.63, 3.8) is 0 Å². The standard InChI is InChI=1S/C116H68N4O2S/c1-5-29-73(30-6-1)115(74-31-7-2-8-32-74)93-47-19-13-41-87(93)105-89(45-25-49-95(105)115)113-109-110(114(123-113)90-46-26-50-96-106(90)88-42-14-20-48-94(88)116(96,75-33-9-3-10-34-75)76-35-11-4-12-36-76)118-108-92-66-70(72-60-64-82-80-38-16-22-52-98(80)120(102(82)68-72)100-54-28-44-86-84-40-18-24-56-104(84)122-112(86)100)58-62-78(92)77-61-57-69(65-91(77)107(108)117-109)71-59-63-81-79-37-15-21-51-97(79)119(101(81)67-71)99-53-27-43-85-83-39-17-23-55-103(83)121-111(85)99/h1-68H. The molecule has 0 amide bonds. The van der Waals surface area contributed by atoms with Gasteiger partial charge in [0.15, 0.2) is 11.2 Å². The summed E-state index contributed by atoms with van der Waals surface area (Å²) in [7, 11) is 0. The van der Waals surface area contributed by atoms with E-state index in [0.29, 0.717) is 0 Å². The van der Waals surface area contributed by atoms with Crippen molar-refractivity contribution in [1.29, 1.82) is 0 Å². The van der Waals surface area contributed by atoms with Crippen molar-refractivity contribution in [2.24, 2.45) is 0 Å². The Labute approximate surface area is 710 Å². The summed E-state index contributed by atoms with van der Waals surface area (Å²) < 4.78 is 18.5. The Balaban J connectivity index is 0.757. The molecule has 0 saturated heterocycles. The summed E-state index contributed by atoms with van der Waals surface area (Å²) in [4.78, 5) is 15.0. The summed E-state index contributed by atoms with van der Waals surface area (Å²) in [5.74, 6) is 0. The summed E-state index contributed by atoms with van der Waals surface area (Å²) >= 11 is 1.83. The molecular weight excluding hydrogens is 1510 g/mol. The zero-order valence-corrected chi connectivity index (χ0v) is 67.1. The van der Waals surface area contributed by atoms with Crippen LogP contribution in [0.1, 0.15) is 44.5 Å². The molecular formula is C116H68N4O2S. The van der Waals surface area contributed by atoms with Gasteiger partial charge in [-0.25, -0.2) is 9.97 Å². The van der Waals surface area contributed by atoms with Gasteiger partial charge in [0.2, 0.25) is 0 Å². The molecule has 0 unspecified atom stereocenters. The van der Waals surface area contributed by atoms with Gasteiger partial charge in [0.25, 0.3) is 0 Å². The number of rotatable bonds is 10. The van der Waals surface area contributed by atoms with Crippen LogP contribution in [-0.4, -0.2) is 19.1 Å². The third-order valence-electron chi connectivity index (χ3n) is 27.1. The van der Waals surface area contributed by atoms with E-state index in [2.05, 4.69) is 422 Å². The molecule has 0 spiro atoms. The number of benzene rings is 19. The SMILES string of the molecule is c1ccc(C2(c3ccccc3)c3ccccc3-c3c(-c4sc(-c5cccc6c5-c5ccccc5C6(c5ccccc5)c5ccccc5)c5nc6c7cc(-c8ccc9c%10ccccc%10n(-c%10cccc%11c%10oc%10ccccc%10%11)c9c8)ccc7c7ccc(-c8ccc9c%10ccccc%10n(-c%10cccc%11c%10oc%10ccccc%10%11)c9c8)cc7c6nc45)cccc32)cc1. The molecule has 123 heavy (non-hydrogen) atoms. The number of hydrogen-bond donors (Lipinski definition) is 0. The lowest BCUT2D eigenvalue weighted by Gasteiger charge is -2.34. The van der Waals surface area contributed by atoms with Crippen molar-refractivity contribution in [2.75, 3.05) is 0 Å². The van der Waals surface area contributed by atoms with E-state index in [4.69, 9.17) is 18.8 Å². The van der Waals surface area contributed by atoms with E-state index in [1.54, 1.807) is 0 Å². The van der Waals surface area contributed by atoms with Gasteiger partial charge in [0, 0.05) is 65.0 Å². The number of hydrogen-bond acceptors (Lipinski definition) is 5. The number of thiophene rings is 1. The van der Waals surface area contributed by atoms with Crippen LogP contribution in [0.15, 0.2) is 421 Å². The fourth-order valence-corrected chi connectivity index (χ4v) is 23.2. The summed E-state index contributed by atoms with van der Waals surface area (Å²) in [6.45, 7) is 0. The predicted octanol–water partition coefficient (Wildman–Crippen LogP) is 30.5. The molecule has 0 N–H and O–H groups in total. The second-order valence-electron chi connectivity index (χ2n) is 33.1. The molecule has 0 atom stereocenters. The quantitative estimate of drug-likeness (QED) is 0.128. The highest BCUT2D eigenvalue weighted by Crippen LogP contribution is 2.63. The van der Waals surface area contributed by atoms with Gasteiger partial charge in [-0.1, -0.05) is 352 Å². The summed E-state index contributed by atoms with van der Waals surface area (Å²) in [6.07, 6.45) is 0. The number of fused-ring (bicyclic) bond motifs is 25. The summed E-state index contributed by atoms with van der Waals surface area (Å²) in [5.41, 5.74) is 32.9. The third kappa shape index (κ3) is 9.40. The van der Waals surface area contributed by atoms with Gasteiger partial charge in [-0.15, -0.1) is 11.3 Å². The molecule has 27 rings (SSSR count). The van der Waals surface area contributed by atoms with Crippen LogP contribution in [0.4, 0.5) is 0 Å². The third-order valence-corrected chi connectivity index (χ3v) is 28.3. The van der Waals surface area contributed by atoms with Crippen LogP contribution in [0.3, 0.4) is 0 Å². The normalized spacial score (nSPS) is 13.3. The predicted molar refractivity (Wildman–Crippen MR) is 510 cm³/mol. The number of furan rings is 2. The number of aromatic nitrogens is 4. The molecule has 7 heteroatoms. The van der Waals surface area contributed by atoms with E-state index in [9.17, 15) is 0 Å². The Bertz CT molecular complexity index is 8240. The lowest BCUT2D eigenvalue weighted by atomic mass is 9.67. The second-order valence-corrected chi connectivity index (χ2v) is 34.1. The van der Waals surface area contributed by atoms with E-state index in [-0.39, 0.29) is 0 Å². The number of nitrogens with zero attached hydrogens (tertiary/aromatic N) is 4. The molecule has 0 bridgehead atoms. The Morgan fingerprint density at radius 1 is 0.220 bits per heavy atom. The van der Waals surface area contributed by atoms with Crippen molar-refractivity contribution in [1.82, 2.24) is 19.1 Å². The molecule has 570 valence electrons. The molecule has 2 aliphatic rings. The topological polar surface area (TPSA) is 61.9 Å². The maximum atomic E-state index is 6.86. The molecule has 19 aromatic carbocycles. The highest BCUT2D eigenvalue weighted by atomic mass is 32.1. The van der Waals surface area contributed by atoms with Crippen LogP contribution in [0.25, 0.3) is 208 Å². The maximum Gasteiger partial charge on any atom is 0.159 e. The smallest absolute Gasteiger partial charge is 0.159 e. The van der Waals surface area contributed by atoms with Crippen LogP contribution >= 0.6 is 11.3 Å². The largest absolute Gasteiger partial charge is 0.454 e. The highest BCUT2D eigenvalue weighted by Gasteiger charge is 2.49. The van der Waals surface area contributed by atoms with Gasteiger partial charge in [0.1, 0.15) is 22.2 Å². The van der Waals surface area contributed by atoms with Gasteiger partial charge in [-0.3, -0.25) is 0 Å². The lowest BCUT2D eigenvalue weighted by molar-refractivity contribution is 0.666. The number of para-hydroxylation sites is 6. The molecule has 0 aliphatic heterocycles. The molecule has 0 saturated carbocycles. The summed E-state index contributed by atoms with van der Waals surface area (Å²) in [6, 6.07) is 153. The van der Waals surface area contributed by atoms with Gasteiger partial charge in [-0.05, 0) is 160 Å². The first kappa shape index (κ1) is 68.1. The first-order valence-corrected chi connectivity index (χ1v) is 43.1. The molecule has 6 aromatic heterocycles.